The van der Waals surface area contributed by atoms with Gasteiger partial charge in [-0.3, -0.25) is 10.1 Å². The zero-order valence-electron chi connectivity index (χ0n) is 14.3. The van der Waals surface area contributed by atoms with Gasteiger partial charge in [-0.1, -0.05) is 12.8 Å². The van der Waals surface area contributed by atoms with Crippen LogP contribution in [0, 0.1) is 10.1 Å². The summed E-state index contributed by atoms with van der Waals surface area (Å²) in [6, 6.07) is 4.62. The zero-order chi connectivity index (χ0) is 17.6. The maximum Gasteiger partial charge on any atom is 0.338 e. The van der Waals surface area contributed by atoms with Crippen LogP contribution in [0.4, 0.5) is 11.4 Å². The molecule has 1 atom stereocenters. The lowest BCUT2D eigenvalue weighted by Crippen LogP contribution is -2.25. The van der Waals surface area contributed by atoms with E-state index in [1.807, 2.05) is 4.90 Å². The Bertz CT molecular complexity index is 620. The van der Waals surface area contributed by atoms with Crippen molar-refractivity contribution >= 4 is 17.3 Å². The summed E-state index contributed by atoms with van der Waals surface area (Å²) >= 11 is 0. The highest BCUT2D eigenvalue weighted by Crippen LogP contribution is 2.31. The van der Waals surface area contributed by atoms with Crippen molar-refractivity contribution in [3.05, 3.63) is 33.9 Å². The Labute approximate surface area is 147 Å². The number of nitro groups is 1. The summed E-state index contributed by atoms with van der Waals surface area (Å²) in [5.74, 6) is -0.541. The smallest absolute Gasteiger partial charge is 0.338 e. The van der Waals surface area contributed by atoms with E-state index in [-0.39, 0.29) is 24.0 Å². The van der Waals surface area contributed by atoms with Gasteiger partial charge in [0.15, 0.2) is 0 Å². The van der Waals surface area contributed by atoms with Crippen molar-refractivity contribution < 1.29 is 19.2 Å². The Morgan fingerprint density at radius 3 is 2.64 bits per heavy atom. The SMILES string of the molecule is O=C(OCC1CCCO1)c1ccc(N2CCCCCC2)c([N+](=O)[O-])c1. The minimum Gasteiger partial charge on any atom is -0.459 e. The normalized spacial score (nSPS) is 21.0. The van der Waals surface area contributed by atoms with Gasteiger partial charge in [-0.2, -0.15) is 0 Å². The van der Waals surface area contributed by atoms with Gasteiger partial charge in [0, 0.05) is 25.8 Å². The van der Waals surface area contributed by atoms with Crippen molar-refractivity contribution in [2.45, 2.75) is 44.6 Å². The molecule has 0 amide bonds. The highest BCUT2D eigenvalue weighted by molar-refractivity contribution is 5.91. The van der Waals surface area contributed by atoms with Crippen molar-refractivity contribution in [3.63, 3.8) is 0 Å². The Kier molecular flexibility index (Phi) is 5.86. The molecule has 0 saturated carbocycles. The Morgan fingerprint density at radius 2 is 2.00 bits per heavy atom. The molecule has 0 spiro atoms. The maximum atomic E-state index is 12.2. The molecule has 7 nitrogen and oxygen atoms in total. The van der Waals surface area contributed by atoms with Crippen molar-refractivity contribution in [2.75, 3.05) is 31.2 Å². The number of anilines is 1. The fraction of sp³-hybridized carbons (Fsp3) is 0.611. The molecule has 1 unspecified atom stereocenters. The van der Waals surface area contributed by atoms with Crippen LogP contribution >= 0.6 is 0 Å². The molecular formula is C18H24N2O5. The molecule has 1 aromatic rings. The average Bonchev–Trinajstić information content (AvgIpc) is 2.99. The highest BCUT2D eigenvalue weighted by Gasteiger charge is 2.24. The zero-order valence-corrected chi connectivity index (χ0v) is 14.3. The van der Waals surface area contributed by atoms with E-state index in [0.29, 0.717) is 12.3 Å². The van der Waals surface area contributed by atoms with E-state index in [1.54, 1.807) is 12.1 Å². The van der Waals surface area contributed by atoms with E-state index < -0.39 is 10.9 Å². The largest absolute Gasteiger partial charge is 0.459 e. The number of nitro benzene ring substituents is 1. The average molecular weight is 348 g/mol. The Balaban J connectivity index is 1.73. The third-order valence-electron chi connectivity index (χ3n) is 4.78. The van der Waals surface area contributed by atoms with Crippen molar-refractivity contribution in [3.8, 4) is 0 Å². The molecule has 0 aromatic heterocycles. The van der Waals surface area contributed by atoms with Crippen LogP contribution < -0.4 is 4.90 Å². The molecule has 2 aliphatic heterocycles. The van der Waals surface area contributed by atoms with Gasteiger partial charge in [-0.15, -0.1) is 0 Å². The third kappa shape index (κ3) is 4.48. The summed E-state index contributed by atoms with van der Waals surface area (Å²) in [6.45, 7) is 2.51. The summed E-state index contributed by atoms with van der Waals surface area (Å²) in [6.07, 6.45) is 6.15. The molecule has 0 bridgehead atoms. The lowest BCUT2D eigenvalue weighted by Gasteiger charge is -2.22. The first-order chi connectivity index (χ1) is 12.1. The van der Waals surface area contributed by atoms with E-state index in [9.17, 15) is 14.9 Å². The molecule has 1 aromatic carbocycles. The van der Waals surface area contributed by atoms with Crippen LogP contribution in [-0.4, -0.2) is 43.3 Å². The van der Waals surface area contributed by atoms with Gasteiger partial charge in [0.2, 0.25) is 0 Å². The van der Waals surface area contributed by atoms with E-state index in [1.165, 1.54) is 6.07 Å². The number of carbonyl (C=O) groups excluding carboxylic acids is 1. The summed E-state index contributed by atoms with van der Waals surface area (Å²) < 4.78 is 10.7. The first kappa shape index (κ1) is 17.7. The van der Waals surface area contributed by atoms with E-state index in [4.69, 9.17) is 9.47 Å². The molecule has 2 saturated heterocycles. The number of ether oxygens (including phenoxy) is 2. The lowest BCUT2D eigenvalue weighted by molar-refractivity contribution is -0.384. The van der Waals surface area contributed by atoms with Crippen LogP contribution in [0.5, 0.6) is 0 Å². The molecule has 0 N–H and O–H groups in total. The first-order valence-corrected chi connectivity index (χ1v) is 8.97. The summed E-state index contributed by atoms with van der Waals surface area (Å²) in [7, 11) is 0. The van der Waals surface area contributed by atoms with Crippen LogP contribution in [0.25, 0.3) is 0 Å². The molecule has 2 heterocycles. The molecule has 7 heteroatoms. The fourth-order valence-corrected chi connectivity index (χ4v) is 3.40. The van der Waals surface area contributed by atoms with Crippen molar-refractivity contribution in [1.82, 2.24) is 0 Å². The van der Waals surface area contributed by atoms with Crippen molar-refractivity contribution in [2.24, 2.45) is 0 Å². The molecular weight excluding hydrogens is 324 g/mol. The molecule has 3 rings (SSSR count). The summed E-state index contributed by atoms with van der Waals surface area (Å²) in [5.41, 5.74) is 0.763. The highest BCUT2D eigenvalue weighted by atomic mass is 16.6. The number of nitrogens with zero attached hydrogens (tertiary/aromatic N) is 2. The van der Waals surface area contributed by atoms with Gasteiger partial charge >= 0.3 is 5.97 Å². The van der Waals surface area contributed by atoms with Gasteiger partial charge in [0.1, 0.15) is 12.3 Å². The number of rotatable bonds is 5. The van der Waals surface area contributed by atoms with Gasteiger partial charge in [0.05, 0.1) is 16.6 Å². The quantitative estimate of drug-likeness (QED) is 0.461. The molecule has 2 aliphatic rings. The lowest BCUT2D eigenvalue weighted by atomic mass is 10.1. The third-order valence-corrected chi connectivity index (χ3v) is 4.78. The number of hydrogen-bond acceptors (Lipinski definition) is 6. The van der Waals surface area contributed by atoms with E-state index in [0.717, 1.165) is 51.6 Å². The van der Waals surface area contributed by atoms with E-state index in [2.05, 4.69) is 0 Å². The predicted octanol–water partition coefficient (Wildman–Crippen LogP) is 3.31. The second-order valence-corrected chi connectivity index (χ2v) is 6.60. The molecule has 136 valence electrons. The van der Waals surface area contributed by atoms with Gasteiger partial charge < -0.3 is 14.4 Å². The molecule has 25 heavy (non-hydrogen) atoms. The summed E-state index contributed by atoms with van der Waals surface area (Å²) in [5, 5.41) is 11.5. The maximum absolute atomic E-state index is 12.2. The molecule has 0 aliphatic carbocycles. The minimum atomic E-state index is -0.541. The van der Waals surface area contributed by atoms with Gasteiger partial charge in [0.25, 0.3) is 5.69 Å². The fourth-order valence-electron chi connectivity index (χ4n) is 3.40. The standard InChI is InChI=1S/C18H24N2O5/c21-18(25-13-15-6-5-11-24-15)14-7-8-16(17(12-14)20(22)23)19-9-3-1-2-4-10-19/h7-8,12,15H,1-6,9-11,13H2. The van der Waals surface area contributed by atoms with Crippen LogP contribution in [0.2, 0.25) is 0 Å². The van der Waals surface area contributed by atoms with Crippen LogP contribution in [0.1, 0.15) is 48.9 Å². The minimum absolute atomic E-state index is 0.0338. The first-order valence-electron chi connectivity index (χ1n) is 8.97. The van der Waals surface area contributed by atoms with Gasteiger partial charge in [-0.25, -0.2) is 4.79 Å². The second-order valence-electron chi connectivity index (χ2n) is 6.60. The predicted molar refractivity (Wildman–Crippen MR) is 93.0 cm³/mol. The number of hydrogen-bond donors (Lipinski definition) is 0. The topological polar surface area (TPSA) is 81.9 Å². The number of esters is 1. The monoisotopic (exact) mass is 348 g/mol. The van der Waals surface area contributed by atoms with Crippen LogP contribution in [-0.2, 0) is 9.47 Å². The van der Waals surface area contributed by atoms with Crippen LogP contribution in [0.15, 0.2) is 18.2 Å². The van der Waals surface area contributed by atoms with Crippen LogP contribution in [0.3, 0.4) is 0 Å². The Hall–Kier alpha value is -2.15. The summed E-state index contributed by atoms with van der Waals surface area (Å²) in [4.78, 5) is 25.3. The second kappa shape index (κ2) is 8.29. The Morgan fingerprint density at radius 1 is 1.24 bits per heavy atom. The number of benzene rings is 1. The molecule has 2 fully saturated rings. The van der Waals surface area contributed by atoms with Crippen molar-refractivity contribution in [1.29, 1.82) is 0 Å². The number of carbonyl (C=O) groups is 1. The van der Waals surface area contributed by atoms with Gasteiger partial charge in [-0.05, 0) is 37.8 Å². The molecule has 0 radical (unpaired) electrons. The van der Waals surface area contributed by atoms with E-state index >= 15 is 0 Å².